The van der Waals surface area contributed by atoms with Crippen molar-refractivity contribution in [3.63, 3.8) is 0 Å². The molecule has 0 radical (unpaired) electrons. The van der Waals surface area contributed by atoms with Crippen LogP contribution in [0.4, 0.5) is 0 Å². The van der Waals surface area contributed by atoms with Gasteiger partial charge in [-0.25, -0.2) is 0 Å². The highest BCUT2D eigenvalue weighted by Crippen LogP contribution is 2.23. The first kappa shape index (κ1) is 12.4. The van der Waals surface area contributed by atoms with E-state index in [9.17, 15) is 0 Å². The summed E-state index contributed by atoms with van der Waals surface area (Å²) in [6.45, 7) is 4.05. The predicted molar refractivity (Wildman–Crippen MR) is 64.4 cm³/mol. The van der Waals surface area contributed by atoms with Gasteiger partial charge in [0.15, 0.2) is 0 Å². The Balaban J connectivity index is 2.99. The molecule has 0 bridgehead atoms. The highest BCUT2D eigenvalue weighted by molar-refractivity contribution is 5.95. The summed E-state index contributed by atoms with van der Waals surface area (Å²) < 4.78 is 10.8. The molecule has 4 heteroatoms. The molecule has 3 N–H and O–H groups in total. The van der Waals surface area contributed by atoms with Crippen LogP contribution < -0.4 is 15.2 Å². The minimum absolute atomic E-state index is 0.00732. The second-order valence-electron chi connectivity index (χ2n) is 3.65. The molecular formula is C12H18N2O2. The first-order valence-electron chi connectivity index (χ1n) is 5.27. The predicted octanol–water partition coefficient (Wildman–Crippen LogP) is 2.16. The molecule has 0 aliphatic rings. The number of rotatable bonds is 5. The van der Waals surface area contributed by atoms with E-state index < -0.39 is 0 Å². The van der Waals surface area contributed by atoms with Crippen molar-refractivity contribution in [2.45, 2.75) is 26.4 Å². The van der Waals surface area contributed by atoms with E-state index in [4.69, 9.17) is 20.6 Å². The second kappa shape index (κ2) is 5.39. The van der Waals surface area contributed by atoms with Crippen LogP contribution in [-0.2, 0) is 0 Å². The first-order valence-corrected chi connectivity index (χ1v) is 5.27. The largest absolute Gasteiger partial charge is 0.497 e. The molecule has 0 saturated heterocycles. The van der Waals surface area contributed by atoms with Gasteiger partial charge in [-0.15, -0.1) is 0 Å². The minimum atomic E-state index is 0.00732. The third-order valence-corrected chi connectivity index (χ3v) is 2.34. The Kier molecular flexibility index (Phi) is 4.17. The molecule has 88 valence electrons. The Labute approximate surface area is 95.9 Å². The second-order valence-corrected chi connectivity index (χ2v) is 3.65. The van der Waals surface area contributed by atoms with Crippen molar-refractivity contribution in [1.29, 1.82) is 5.41 Å². The molecule has 1 atom stereocenters. The van der Waals surface area contributed by atoms with E-state index in [0.29, 0.717) is 17.1 Å². The lowest BCUT2D eigenvalue weighted by atomic mass is 10.2. The quantitative estimate of drug-likeness (QED) is 0.592. The maximum atomic E-state index is 7.40. The van der Waals surface area contributed by atoms with Gasteiger partial charge in [-0.3, -0.25) is 5.41 Å². The number of hydrogen-bond acceptors (Lipinski definition) is 3. The van der Waals surface area contributed by atoms with E-state index in [1.807, 2.05) is 6.92 Å². The van der Waals surface area contributed by atoms with Crippen molar-refractivity contribution < 1.29 is 9.47 Å². The number of nitrogen functional groups attached to an aromatic ring is 1. The lowest BCUT2D eigenvalue weighted by Gasteiger charge is -2.14. The van der Waals surface area contributed by atoms with Gasteiger partial charge in [-0.2, -0.15) is 0 Å². The summed E-state index contributed by atoms with van der Waals surface area (Å²) in [5, 5.41) is 7.40. The van der Waals surface area contributed by atoms with Gasteiger partial charge in [0.1, 0.15) is 17.3 Å². The van der Waals surface area contributed by atoms with Crippen molar-refractivity contribution in [1.82, 2.24) is 0 Å². The Morgan fingerprint density at radius 2 is 2.00 bits per heavy atom. The molecule has 16 heavy (non-hydrogen) atoms. The molecule has 0 amide bonds. The molecule has 0 aliphatic carbocycles. The van der Waals surface area contributed by atoms with Gasteiger partial charge in [-0.05, 0) is 25.5 Å². The number of methoxy groups -OCH3 is 1. The van der Waals surface area contributed by atoms with Gasteiger partial charge in [0.25, 0.3) is 0 Å². The molecule has 1 rings (SSSR count). The van der Waals surface area contributed by atoms with Crippen LogP contribution in [0.3, 0.4) is 0 Å². The van der Waals surface area contributed by atoms with Crippen molar-refractivity contribution in [2.75, 3.05) is 7.11 Å². The van der Waals surface area contributed by atoms with E-state index >= 15 is 0 Å². The minimum Gasteiger partial charge on any atom is -0.497 e. The number of nitrogens with one attached hydrogen (secondary N) is 1. The van der Waals surface area contributed by atoms with Crippen LogP contribution in [0.2, 0.25) is 0 Å². The SMILES string of the molecule is CCC(C)Oc1cc(OC)cc(C(=N)N)c1. The number of benzene rings is 1. The van der Waals surface area contributed by atoms with Gasteiger partial charge < -0.3 is 15.2 Å². The summed E-state index contributed by atoms with van der Waals surface area (Å²) in [5.74, 6) is 1.33. The van der Waals surface area contributed by atoms with Crippen molar-refractivity contribution >= 4 is 5.84 Å². The zero-order valence-electron chi connectivity index (χ0n) is 9.91. The summed E-state index contributed by atoms with van der Waals surface area (Å²) in [5.41, 5.74) is 6.05. The monoisotopic (exact) mass is 222 g/mol. The fourth-order valence-corrected chi connectivity index (χ4v) is 1.23. The maximum absolute atomic E-state index is 7.40. The van der Waals surface area contributed by atoms with Crippen LogP contribution in [0, 0.1) is 5.41 Å². The maximum Gasteiger partial charge on any atom is 0.124 e. The number of ether oxygens (including phenoxy) is 2. The summed E-state index contributed by atoms with van der Waals surface area (Å²) in [7, 11) is 1.58. The molecule has 1 aromatic carbocycles. The van der Waals surface area contributed by atoms with E-state index in [-0.39, 0.29) is 11.9 Å². The van der Waals surface area contributed by atoms with Crippen LogP contribution in [-0.4, -0.2) is 19.0 Å². The Morgan fingerprint density at radius 3 is 2.50 bits per heavy atom. The lowest BCUT2D eigenvalue weighted by Crippen LogP contribution is -2.13. The normalized spacial score (nSPS) is 11.9. The number of nitrogens with two attached hydrogens (primary N) is 1. The van der Waals surface area contributed by atoms with Crippen molar-refractivity contribution in [2.24, 2.45) is 5.73 Å². The molecule has 4 nitrogen and oxygen atoms in total. The van der Waals surface area contributed by atoms with Crippen LogP contribution in [0.1, 0.15) is 25.8 Å². The van der Waals surface area contributed by atoms with Crippen molar-refractivity contribution in [3.05, 3.63) is 23.8 Å². The summed E-state index contributed by atoms with van der Waals surface area (Å²) in [6, 6.07) is 5.25. The molecule has 0 spiro atoms. The van der Waals surface area contributed by atoms with Gasteiger partial charge >= 0.3 is 0 Å². The lowest BCUT2D eigenvalue weighted by molar-refractivity contribution is 0.216. The molecule has 0 fully saturated rings. The summed E-state index contributed by atoms with van der Waals surface area (Å²) >= 11 is 0. The van der Waals surface area contributed by atoms with Gasteiger partial charge in [0.05, 0.1) is 13.2 Å². The van der Waals surface area contributed by atoms with E-state index in [1.54, 1.807) is 25.3 Å². The van der Waals surface area contributed by atoms with Crippen LogP contribution in [0.5, 0.6) is 11.5 Å². The van der Waals surface area contributed by atoms with Crippen LogP contribution >= 0.6 is 0 Å². The van der Waals surface area contributed by atoms with Crippen LogP contribution in [0.25, 0.3) is 0 Å². The molecular weight excluding hydrogens is 204 g/mol. The number of amidine groups is 1. The molecule has 0 heterocycles. The van der Waals surface area contributed by atoms with Crippen LogP contribution in [0.15, 0.2) is 18.2 Å². The Hall–Kier alpha value is -1.71. The topological polar surface area (TPSA) is 68.3 Å². The molecule has 0 aliphatic heterocycles. The summed E-state index contributed by atoms with van der Waals surface area (Å²) in [6.07, 6.45) is 1.05. The Morgan fingerprint density at radius 1 is 1.38 bits per heavy atom. The first-order chi connectivity index (χ1) is 7.56. The van der Waals surface area contributed by atoms with Gasteiger partial charge in [0.2, 0.25) is 0 Å². The van der Waals surface area contributed by atoms with Crippen molar-refractivity contribution in [3.8, 4) is 11.5 Å². The highest BCUT2D eigenvalue weighted by Gasteiger charge is 2.07. The highest BCUT2D eigenvalue weighted by atomic mass is 16.5. The fourth-order valence-electron chi connectivity index (χ4n) is 1.23. The van der Waals surface area contributed by atoms with E-state index in [1.165, 1.54) is 0 Å². The average Bonchev–Trinajstić information content (AvgIpc) is 2.28. The average molecular weight is 222 g/mol. The van der Waals surface area contributed by atoms with Gasteiger partial charge in [0, 0.05) is 11.6 Å². The molecule has 1 unspecified atom stereocenters. The third kappa shape index (κ3) is 3.15. The molecule has 1 aromatic rings. The molecule has 0 aromatic heterocycles. The smallest absolute Gasteiger partial charge is 0.124 e. The number of hydrogen-bond donors (Lipinski definition) is 2. The van der Waals surface area contributed by atoms with E-state index in [2.05, 4.69) is 6.92 Å². The van der Waals surface area contributed by atoms with E-state index in [0.717, 1.165) is 6.42 Å². The zero-order valence-corrected chi connectivity index (χ0v) is 9.91. The standard InChI is InChI=1S/C12H18N2O2/c1-4-8(2)16-11-6-9(12(13)14)5-10(7-11)15-3/h5-8H,4H2,1-3H3,(H3,13,14). The zero-order chi connectivity index (χ0) is 12.1. The molecule has 0 saturated carbocycles. The third-order valence-electron chi connectivity index (χ3n) is 2.34. The van der Waals surface area contributed by atoms with Gasteiger partial charge in [-0.1, -0.05) is 6.92 Å². The fraction of sp³-hybridized carbons (Fsp3) is 0.417. The Bertz CT molecular complexity index is 377. The summed E-state index contributed by atoms with van der Waals surface area (Å²) in [4.78, 5) is 0.